The summed E-state index contributed by atoms with van der Waals surface area (Å²) in [5.74, 6) is 0. The van der Waals surface area contributed by atoms with Crippen molar-refractivity contribution in [2.75, 3.05) is 13.2 Å². The molecule has 2 N–H and O–H groups in total. The summed E-state index contributed by atoms with van der Waals surface area (Å²) in [4.78, 5) is 0. The highest BCUT2D eigenvalue weighted by molar-refractivity contribution is 4.41. The van der Waals surface area contributed by atoms with Gasteiger partial charge >= 0.3 is 0 Å². The summed E-state index contributed by atoms with van der Waals surface area (Å²) in [6.45, 7) is 3.92. The second kappa shape index (κ2) is 6.01. The van der Waals surface area contributed by atoms with Crippen molar-refractivity contribution in [2.24, 2.45) is 0 Å². The summed E-state index contributed by atoms with van der Waals surface area (Å²) in [7, 11) is 0. The van der Waals surface area contributed by atoms with Gasteiger partial charge in [-0.05, 0) is 6.42 Å². The molecule has 0 heterocycles. The maximum Gasteiger partial charge on any atom is 0.156 e. The lowest BCUT2D eigenvalue weighted by Gasteiger charge is -2.07. The third kappa shape index (κ3) is 5.76. The lowest BCUT2D eigenvalue weighted by atomic mass is 10.4. The highest BCUT2D eigenvalue weighted by atomic mass is 16.6. The molecule has 3 nitrogen and oxygen atoms in total. The zero-order chi connectivity index (χ0) is 7.11. The van der Waals surface area contributed by atoms with Gasteiger partial charge in [-0.15, -0.1) is 0 Å². The predicted octanol–water partition coefficient (Wildman–Crippen LogP) is -0.0720. The molecule has 0 aromatic carbocycles. The second-order valence-corrected chi connectivity index (χ2v) is 1.69. The van der Waals surface area contributed by atoms with Crippen LogP contribution in [0.4, 0.5) is 0 Å². The van der Waals surface area contributed by atoms with Gasteiger partial charge in [-0.25, -0.2) is 0 Å². The van der Waals surface area contributed by atoms with Gasteiger partial charge in [0, 0.05) is 19.6 Å². The Morgan fingerprint density at radius 2 is 2.22 bits per heavy atom. The minimum Gasteiger partial charge on any atom is -0.396 e. The SMILES string of the molecule is [CH2]CCOC(O)CCO. The zero-order valence-electron chi connectivity index (χ0n) is 5.42. The van der Waals surface area contributed by atoms with Crippen molar-refractivity contribution < 1.29 is 14.9 Å². The van der Waals surface area contributed by atoms with Gasteiger partial charge < -0.3 is 14.9 Å². The summed E-state index contributed by atoms with van der Waals surface area (Å²) in [6, 6.07) is 0. The summed E-state index contributed by atoms with van der Waals surface area (Å²) in [6.07, 6.45) is 0.0967. The number of hydrogen-bond acceptors (Lipinski definition) is 3. The molecule has 9 heavy (non-hydrogen) atoms. The van der Waals surface area contributed by atoms with Gasteiger partial charge in [0.1, 0.15) is 0 Å². The zero-order valence-corrected chi connectivity index (χ0v) is 5.42. The van der Waals surface area contributed by atoms with E-state index in [-0.39, 0.29) is 13.0 Å². The minimum atomic E-state index is -0.822. The van der Waals surface area contributed by atoms with Crippen molar-refractivity contribution in [3.8, 4) is 0 Å². The Kier molecular flexibility index (Phi) is 5.93. The lowest BCUT2D eigenvalue weighted by molar-refractivity contribution is -0.107. The Labute approximate surface area is 55.3 Å². The molecule has 3 heteroatoms. The van der Waals surface area contributed by atoms with E-state index >= 15 is 0 Å². The fourth-order valence-corrected chi connectivity index (χ4v) is 0.413. The smallest absolute Gasteiger partial charge is 0.156 e. The molecule has 55 valence electrons. The van der Waals surface area contributed by atoms with E-state index in [1.165, 1.54) is 0 Å². The van der Waals surface area contributed by atoms with Gasteiger partial charge in [-0.2, -0.15) is 0 Å². The molecule has 0 aromatic rings. The summed E-state index contributed by atoms with van der Waals surface area (Å²) < 4.78 is 4.76. The predicted molar refractivity (Wildman–Crippen MR) is 33.6 cm³/mol. The van der Waals surface area contributed by atoms with Gasteiger partial charge in [0.15, 0.2) is 6.29 Å². The van der Waals surface area contributed by atoms with Crippen LogP contribution in [-0.2, 0) is 4.74 Å². The van der Waals surface area contributed by atoms with E-state index in [9.17, 15) is 0 Å². The quantitative estimate of drug-likeness (QED) is 0.516. The van der Waals surface area contributed by atoms with Gasteiger partial charge in [0.2, 0.25) is 0 Å². The topological polar surface area (TPSA) is 49.7 Å². The van der Waals surface area contributed by atoms with Crippen LogP contribution in [0.5, 0.6) is 0 Å². The Bertz CT molecular complexity index is 56.3. The first-order chi connectivity index (χ1) is 4.31. The largest absolute Gasteiger partial charge is 0.396 e. The monoisotopic (exact) mass is 133 g/mol. The van der Waals surface area contributed by atoms with Crippen molar-refractivity contribution >= 4 is 0 Å². The fraction of sp³-hybridized carbons (Fsp3) is 0.833. The summed E-state index contributed by atoms with van der Waals surface area (Å²) in [5.41, 5.74) is 0. The Balaban J connectivity index is 2.95. The molecule has 0 aliphatic heterocycles. The molecular weight excluding hydrogens is 120 g/mol. The Morgan fingerprint density at radius 1 is 1.56 bits per heavy atom. The van der Waals surface area contributed by atoms with Crippen LogP contribution in [-0.4, -0.2) is 29.7 Å². The number of aliphatic hydroxyl groups excluding tert-OH is 2. The number of rotatable bonds is 5. The van der Waals surface area contributed by atoms with E-state index < -0.39 is 6.29 Å². The minimum absolute atomic E-state index is 0.0433. The highest BCUT2D eigenvalue weighted by Gasteiger charge is 1.99. The number of hydrogen-bond donors (Lipinski definition) is 2. The first-order valence-corrected chi connectivity index (χ1v) is 3.01. The first-order valence-electron chi connectivity index (χ1n) is 3.01. The van der Waals surface area contributed by atoms with Gasteiger partial charge in [0.05, 0.1) is 0 Å². The van der Waals surface area contributed by atoms with Crippen LogP contribution in [0.25, 0.3) is 0 Å². The Morgan fingerprint density at radius 3 is 2.67 bits per heavy atom. The van der Waals surface area contributed by atoms with Crippen molar-refractivity contribution in [1.82, 2.24) is 0 Å². The molecular formula is C6H13O3. The van der Waals surface area contributed by atoms with Gasteiger partial charge in [-0.3, -0.25) is 0 Å². The summed E-state index contributed by atoms with van der Waals surface area (Å²) in [5, 5.41) is 17.1. The maximum atomic E-state index is 8.77. The van der Waals surface area contributed by atoms with Crippen LogP contribution in [0, 0.1) is 6.92 Å². The van der Waals surface area contributed by atoms with Crippen molar-refractivity contribution in [3.63, 3.8) is 0 Å². The second-order valence-electron chi connectivity index (χ2n) is 1.69. The molecule has 0 saturated carbocycles. The van der Waals surface area contributed by atoms with Crippen molar-refractivity contribution in [1.29, 1.82) is 0 Å². The van der Waals surface area contributed by atoms with Crippen LogP contribution in [0.15, 0.2) is 0 Å². The third-order valence-electron chi connectivity index (χ3n) is 0.831. The van der Waals surface area contributed by atoms with E-state index in [1.807, 2.05) is 0 Å². The molecule has 0 fully saturated rings. The van der Waals surface area contributed by atoms with Crippen LogP contribution in [0.1, 0.15) is 12.8 Å². The van der Waals surface area contributed by atoms with Gasteiger partial charge in [-0.1, -0.05) is 6.92 Å². The summed E-state index contributed by atoms with van der Waals surface area (Å²) >= 11 is 0. The van der Waals surface area contributed by atoms with Crippen LogP contribution in [0.3, 0.4) is 0 Å². The molecule has 0 aliphatic rings. The average molecular weight is 133 g/mol. The molecule has 0 spiro atoms. The van der Waals surface area contributed by atoms with Crippen LogP contribution in [0.2, 0.25) is 0 Å². The molecule has 0 saturated heterocycles. The fourth-order valence-electron chi connectivity index (χ4n) is 0.413. The normalized spacial score (nSPS) is 13.7. The van der Waals surface area contributed by atoms with E-state index in [0.717, 1.165) is 0 Å². The lowest BCUT2D eigenvalue weighted by Crippen LogP contribution is -2.13. The van der Waals surface area contributed by atoms with Crippen LogP contribution >= 0.6 is 0 Å². The maximum absolute atomic E-state index is 8.77. The molecule has 0 rings (SSSR count). The molecule has 1 unspecified atom stereocenters. The van der Waals surface area contributed by atoms with E-state index in [0.29, 0.717) is 13.0 Å². The van der Waals surface area contributed by atoms with Gasteiger partial charge in [0.25, 0.3) is 0 Å². The van der Waals surface area contributed by atoms with Crippen molar-refractivity contribution in [3.05, 3.63) is 6.92 Å². The third-order valence-corrected chi connectivity index (χ3v) is 0.831. The van der Waals surface area contributed by atoms with E-state index in [4.69, 9.17) is 14.9 Å². The average Bonchev–Trinajstić information content (AvgIpc) is 1.85. The van der Waals surface area contributed by atoms with Crippen molar-refractivity contribution in [2.45, 2.75) is 19.1 Å². The number of aliphatic hydroxyl groups is 2. The molecule has 1 radical (unpaired) electrons. The molecule has 1 atom stereocenters. The van der Waals surface area contributed by atoms with E-state index in [2.05, 4.69) is 6.92 Å². The highest BCUT2D eigenvalue weighted by Crippen LogP contribution is 1.92. The number of ether oxygens (including phenoxy) is 1. The molecule has 0 aliphatic carbocycles. The Hall–Kier alpha value is -0.120. The standard InChI is InChI=1S/C6H13O3/c1-2-5-9-6(8)3-4-7/h6-8H,1-5H2. The van der Waals surface area contributed by atoms with Crippen LogP contribution < -0.4 is 0 Å². The molecule has 0 amide bonds. The molecule has 0 bridgehead atoms. The molecule has 0 aromatic heterocycles. The van der Waals surface area contributed by atoms with E-state index in [1.54, 1.807) is 0 Å². The first kappa shape index (κ1) is 8.88.